The molecular weight excluding hydrogens is 406 g/mol. The Hall–Kier alpha value is -2.06. The highest BCUT2D eigenvalue weighted by atomic mass is 32.1. The minimum Gasteiger partial charge on any atom is -0.355 e. The highest BCUT2D eigenvalue weighted by Crippen LogP contribution is 2.38. The van der Waals surface area contributed by atoms with Crippen LogP contribution in [-0.2, 0) is 19.5 Å². The average Bonchev–Trinajstić information content (AvgIpc) is 3.54. The maximum Gasteiger partial charge on any atom is 0.146 e. The van der Waals surface area contributed by atoms with Gasteiger partial charge >= 0.3 is 0 Å². The molecule has 0 saturated carbocycles. The quantitative estimate of drug-likeness (QED) is 0.618. The number of likely N-dealkylation sites (tertiary alicyclic amines) is 1. The summed E-state index contributed by atoms with van der Waals surface area (Å²) >= 11 is 1.82. The van der Waals surface area contributed by atoms with Crippen molar-refractivity contribution in [3.63, 3.8) is 0 Å². The number of fused-ring (bicyclic) bond motifs is 2. The number of piperidine rings is 1. The molecule has 8 heteroatoms. The summed E-state index contributed by atoms with van der Waals surface area (Å²) in [5, 5.41) is 10.3. The molecule has 2 fully saturated rings. The maximum atomic E-state index is 5.19. The van der Waals surface area contributed by atoms with Gasteiger partial charge in [-0.1, -0.05) is 0 Å². The van der Waals surface area contributed by atoms with Crippen molar-refractivity contribution in [2.24, 2.45) is 0 Å². The van der Waals surface area contributed by atoms with E-state index in [0.29, 0.717) is 5.92 Å². The lowest BCUT2D eigenvalue weighted by molar-refractivity contribution is 0.323. The van der Waals surface area contributed by atoms with Crippen molar-refractivity contribution in [2.45, 2.75) is 71.4 Å². The monoisotopic (exact) mass is 437 g/mol. The van der Waals surface area contributed by atoms with E-state index in [-0.39, 0.29) is 0 Å². The molecule has 31 heavy (non-hydrogen) atoms. The van der Waals surface area contributed by atoms with Gasteiger partial charge < -0.3 is 9.47 Å². The van der Waals surface area contributed by atoms with Crippen molar-refractivity contribution in [2.75, 3.05) is 31.1 Å². The van der Waals surface area contributed by atoms with Crippen LogP contribution in [0, 0.1) is 13.8 Å². The van der Waals surface area contributed by atoms with Gasteiger partial charge in [0.05, 0.1) is 11.9 Å². The Labute approximate surface area is 187 Å². The van der Waals surface area contributed by atoms with Crippen LogP contribution in [-0.4, -0.2) is 55.8 Å². The maximum absolute atomic E-state index is 5.19. The van der Waals surface area contributed by atoms with Crippen molar-refractivity contribution in [1.29, 1.82) is 0 Å². The fraction of sp³-hybridized carbons (Fsp3) is 0.652. The molecule has 1 unspecified atom stereocenters. The number of anilines is 1. The van der Waals surface area contributed by atoms with Gasteiger partial charge in [-0.3, -0.25) is 4.90 Å². The lowest BCUT2D eigenvalue weighted by Gasteiger charge is -2.34. The molecule has 1 atom stereocenters. The van der Waals surface area contributed by atoms with E-state index in [1.54, 1.807) is 0 Å². The first-order chi connectivity index (χ1) is 15.2. The van der Waals surface area contributed by atoms with Gasteiger partial charge in [-0.2, -0.15) is 0 Å². The third-order valence-electron chi connectivity index (χ3n) is 7.34. The Morgan fingerprint density at radius 2 is 1.84 bits per heavy atom. The molecule has 3 aromatic rings. The summed E-state index contributed by atoms with van der Waals surface area (Å²) in [6.07, 6.45) is 7.22. The predicted molar refractivity (Wildman–Crippen MR) is 124 cm³/mol. The first-order valence-corrected chi connectivity index (χ1v) is 12.6. The van der Waals surface area contributed by atoms with Crippen LogP contribution in [0.4, 0.5) is 5.82 Å². The molecule has 0 aromatic carbocycles. The summed E-state index contributed by atoms with van der Waals surface area (Å²) in [7, 11) is 0. The summed E-state index contributed by atoms with van der Waals surface area (Å²) in [6, 6.07) is 0. The largest absolute Gasteiger partial charge is 0.355 e. The molecule has 6 heterocycles. The highest BCUT2D eigenvalue weighted by molar-refractivity contribution is 7.18. The van der Waals surface area contributed by atoms with E-state index in [9.17, 15) is 0 Å². The lowest BCUT2D eigenvalue weighted by Crippen LogP contribution is -2.36. The second kappa shape index (κ2) is 7.81. The van der Waals surface area contributed by atoms with E-state index >= 15 is 0 Å². The van der Waals surface area contributed by atoms with Crippen LogP contribution in [0.2, 0.25) is 0 Å². The predicted octanol–water partition coefficient (Wildman–Crippen LogP) is 3.83. The molecule has 0 N–H and O–H groups in total. The molecule has 7 nitrogen and oxygen atoms in total. The number of aryl methyl sites for hydroxylation is 3. The van der Waals surface area contributed by atoms with Crippen molar-refractivity contribution in [1.82, 2.24) is 29.6 Å². The van der Waals surface area contributed by atoms with Gasteiger partial charge in [-0.25, -0.2) is 9.97 Å². The zero-order valence-corrected chi connectivity index (χ0v) is 19.4. The number of aromatic nitrogens is 5. The molecule has 0 bridgehead atoms. The standard InChI is InChI=1S/C23H31N7S/c1-15-16(2)31-23-20(15)22(24-18(25-23)14-28-9-3-4-10-28)29-11-5-7-17(13-29)21-27-26-19-8-6-12-30(19)21/h17H,3-14H2,1-2H3. The first-order valence-electron chi connectivity index (χ1n) is 11.8. The Morgan fingerprint density at radius 3 is 2.71 bits per heavy atom. The molecule has 0 amide bonds. The molecule has 3 aliphatic heterocycles. The van der Waals surface area contributed by atoms with E-state index < -0.39 is 0 Å². The molecule has 0 spiro atoms. The number of rotatable bonds is 4. The van der Waals surface area contributed by atoms with Gasteiger partial charge in [0.25, 0.3) is 0 Å². The van der Waals surface area contributed by atoms with Crippen LogP contribution in [0.5, 0.6) is 0 Å². The van der Waals surface area contributed by atoms with Gasteiger partial charge in [0, 0.05) is 36.9 Å². The lowest BCUT2D eigenvalue weighted by atomic mass is 9.96. The van der Waals surface area contributed by atoms with Gasteiger partial charge in [0.2, 0.25) is 0 Å². The number of thiophene rings is 1. The van der Waals surface area contributed by atoms with Crippen molar-refractivity contribution in [3.05, 3.63) is 27.9 Å². The highest BCUT2D eigenvalue weighted by Gasteiger charge is 2.30. The molecule has 2 saturated heterocycles. The van der Waals surface area contributed by atoms with Gasteiger partial charge in [0.1, 0.15) is 28.1 Å². The van der Waals surface area contributed by atoms with Crippen LogP contribution in [0.25, 0.3) is 10.2 Å². The molecular formula is C23H31N7S. The number of hydrogen-bond donors (Lipinski definition) is 0. The van der Waals surface area contributed by atoms with Gasteiger partial charge in [-0.05, 0) is 64.6 Å². The normalized spacial score (nSPS) is 22.0. The SMILES string of the molecule is Cc1sc2nc(CN3CCCC3)nc(N3CCCC(c4nnc5n4CCC5)C3)c2c1C. The zero-order chi connectivity index (χ0) is 20.9. The molecule has 3 aromatic heterocycles. The Morgan fingerprint density at radius 1 is 0.968 bits per heavy atom. The number of hydrogen-bond acceptors (Lipinski definition) is 7. The summed E-state index contributed by atoms with van der Waals surface area (Å²) in [5.74, 6) is 4.93. The zero-order valence-electron chi connectivity index (χ0n) is 18.6. The fourth-order valence-corrected chi connectivity index (χ4v) is 6.61. The molecule has 164 valence electrons. The van der Waals surface area contributed by atoms with E-state index in [4.69, 9.17) is 9.97 Å². The van der Waals surface area contributed by atoms with Crippen molar-refractivity contribution >= 4 is 27.4 Å². The second-order valence-electron chi connectivity index (χ2n) is 9.42. The van der Waals surface area contributed by atoms with Crippen LogP contribution < -0.4 is 4.90 Å². The Balaban J connectivity index is 1.36. The third kappa shape index (κ3) is 3.44. The van der Waals surface area contributed by atoms with Crippen molar-refractivity contribution in [3.8, 4) is 0 Å². The summed E-state index contributed by atoms with van der Waals surface area (Å²) in [4.78, 5) is 17.7. The van der Waals surface area contributed by atoms with Crippen LogP contribution in [0.3, 0.4) is 0 Å². The van der Waals surface area contributed by atoms with E-state index in [1.807, 2.05) is 11.3 Å². The number of nitrogens with zero attached hydrogens (tertiary/aromatic N) is 7. The summed E-state index contributed by atoms with van der Waals surface area (Å²) < 4.78 is 2.38. The van der Waals surface area contributed by atoms with E-state index in [1.165, 1.54) is 72.7 Å². The topological polar surface area (TPSA) is 63.0 Å². The fourth-order valence-electron chi connectivity index (χ4n) is 5.57. The Kier molecular flexibility index (Phi) is 4.94. The van der Waals surface area contributed by atoms with Gasteiger partial charge in [0.15, 0.2) is 0 Å². The molecule has 0 aliphatic carbocycles. The smallest absolute Gasteiger partial charge is 0.146 e. The molecule has 6 rings (SSSR count). The van der Waals surface area contributed by atoms with E-state index in [2.05, 4.69) is 38.4 Å². The van der Waals surface area contributed by atoms with Crippen LogP contribution in [0.15, 0.2) is 0 Å². The molecule has 0 radical (unpaired) electrons. The summed E-state index contributed by atoms with van der Waals surface area (Å²) in [6.45, 7) is 10.8. The Bertz CT molecular complexity index is 1110. The van der Waals surface area contributed by atoms with Crippen LogP contribution >= 0.6 is 11.3 Å². The average molecular weight is 438 g/mol. The van der Waals surface area contributed by atoms with E-state index in [0.717, 1.165) is 49.1 Å². The molecule has 3 aliphatic rings. The van der Waals surface area contributed by atoms with Crippen LogP contribution in [0.1, 0.15) is 65.9 Å². The third-order valence-corrected chi connectivity index (χ3v) is 8.44. The summed E-state index contributed by atoms with van der Waals surface area (Å²) in [5.41, 5.74) is 1.34. The minimum absolute atomic E-state index is 0.431. The first kappa shape index (κ1) is 19.6. The van der Waals surface area contributed by atoms with Gasteiger partial charge in [-0.15, -0.1) is 21.5 Å². The second-order valence-corrected chi connectivity index (χ2v) is 10.6. The minimum atomic E-state index is 0.431. The van der Waals surface area contributed by atoms with Crippen molar-refractivity contribution < 1.29 is 0 Å².